The van der Waals surface area contributed by atoms with Gasteiger partial charge in [0.15, 0.2) is 0 Å². The Morgan fingerprint density at radius 3 is 2.78 bits per heavy atom. The highest BCUT2D eigenvalue weighted by Crippen LogP contribution is 2.41. The number of rotatable bonds is 0. The van der Waals surface area contributed by atoms with Crippen LogP contribution in [0.15, 0.2) is 0 Å². The van der Waals surface area contributed by atoms with Crippen molar-refractivity contribution in [1.29, 1.82) is 0 Å². The van der Waals surface area contributed by atoms with Crippen molar-refractivity contribution in [1.82, 2.24) is 0 Å². The average molecular weight is 142 g/mol. The van der Waals surface area contributed by atoms with Gasteiger partial charge in [-0.05, 0) is 37.4 Å². The molecule has 2 atom stereocenters. The molecule has 1 heterocycles. The maximum absolute atomic E-state index is 2.23. The molecule has 0 radical (unpaired) electrons. The number of hydrogen-bond donors (Lipinski definition) is 0. The molecule has 1 aliphatic heterocycles. The molecule has 2 rings (SSSR count). The molecule has 1 aliphatic carbocycles. The van der Waals surface area contributed by atoms with Gasteiger partial charge in [0, 0.05) is 5.25 Å². The van der Waals surface area contributed by atoms with Gasteiger partial charge in [-0.25, -0.2) is 0 Å². The largest absolute Gasteiger partial charge is 0.158 e. The highest BCUT2D eigenvalue weighted by Gasteiger charge is 2.29. The molecule has 0 N–H and O–H groups in total. The molecule has 2 fully saturated rings. The van der Waals surface area contributed by atoms with E-state index in [0.29, 0.717) is 0 Å². The lowest BCUT2D eigenvalue weighted by atomic mass is 10.0. The van der Waals surface area contributed by atoms with Crippen molar-refractivity contribution in [2.45, 2.75) is 37.4 Å². The van der Waals surface area contributed by atoms with Crippen LogP contribution < -0.4 is 0 Å². The monoisotopic (exact) mass is 142 g/mol. The van der Waals surface area contributed by atoms with Crippen LogP contribution in [0.4, 0.5) is 0 Å². The molecule has 0 bridgehead atoms. The Morgan fingerprint density at radius 2 is 1.89 bits per heavy atom. The second-order valence-electron chi connectivity index (χ2n) is 3.24. The van der Waals surface area contributed by atoms with E-state index in [4.69, 9.17) is 0 Å². The van der Waals surface area contributed by atoms with E-state index in [1.807, 2.05) is 0 Å². The zero-order chi connectivity index (χ0) is 6.10. The third-order valence-corrected chi connectivity index (χ3v) is 4.21. The summed E-state index contributed by atoms with van der Waals surface area (Å²) in [6.45, 7) is 0. The van der Waals surface area contributed by atoms with Gasteiger partial charge >= 0.3 is 0 Å². The van der Waals surface area contributed by atoms with Crippen molar-refractivity contribution >= 4 is 11.8 Å². The molecule has 52 valence electrons. The van der Waals surface area contributed by atoms with Crippen molar-refractivity contribution in [2.75, 3.05) is 5.75 Å². The first-order valence-corrected chi connectivity index (χ1v) is 5.13. The second kappa shape index (κ2) is 2.53. The first kappa shape index (κ1) is 6.09. The van der Waals surface area contributed by atoms with Crippen molar-refractivity contribution in [3.05, 3.63) is 0 Å². The maximum Gasteiger partial charge on any atom is 0.00753 e. The molecule has 1 heteroatoms. The fraction of sp³-hybridized carbons (Fsp3) is 1.00. The molecule has 9 heavy (non-hydrogen) atoms. The van der Waals surface area contributed by atoms with Crippen molar-refractivity contribution in [3.8, 4) is 0 Å². The van der Waals surface area contributed by atoms with Crippen molar-refractivity contribution in [3.63, 3.8) is 0 Å². The van der Waals surface area contributed by atoms with Gasteiger partial charge in [0.2, 0.25) is 0 Å². The van der Waals surface area contributed by atoms with Gasteiger partial charge in [0.1, 0.15) is 0 Å². The Balaban J connectivity index is 1.97. The number of thioether (sulfide) groups is 1. The minimum atomic E-state index is 1.08. The quantitative estimate of drug-likeness (QED) is 0.501. The predicted octanol–water partition coefficient (Wildman–Crippen LogP) is 2.68. The highest BCUT2D eigenvalue weighted by atomic mass is 32.2. The van der Waals surface area contributed by atoms with Gasteiger partial charge in [0.05, 0.1) is 0 Å². The van der Waals surface area contributed by atoms with Crippen molar-refractivity contribution in [2.24, 2.45) is 5.92 Å². The lowest BCUT2D eigenvalue weighted by Crippen LogP contribution is -2.15. The fourth-order valence-electron chi connectivity index (χ4n) is 2.13. The topological polar surface area (TPSA) is 0 Å². The Kier molecular flexibility index (Phi) is 1.71. The number of hydrogen-bond acceptors (Lipinski definition) is 1. The molecule has 1 saturated carbocycles. The minimum absolute atomic E-state index is 1.08. The van der Waals surface area contributed by atoms with Gasteiger partial charge < -0.3 is 0 Å². The maximum atomic E-state index is 2.23. The van der Waals surface area contributed by atoms with E-state index in [9.17, 15) is 0 Å². The summed E-state index contributed by atoms with van der Waals surface area (Å²) in [6, 6.07) is 0. The Bertz CT molecular complexity index is 88.7. The van der Waals surface area contributed by atoms with E-state index in [0.717, 1.165) is 11.2 Å². The second-order valence-corrected chi connectivity index (χ2v) is 4.59. The van der Waals surface area contributed by atoms with Crippen LogP contribution >= 0.6 is 11.8 Å². The summed E-state index contributed by atoms with van der Waals surface area (Å²) < 4.78 is 0. The van der Waals surface area contributed by atoms with Gasteiger partial charge in [-0.3, -0.25) is 0 Å². The van der Waals surface area contributed by atoms with Crippen LogP contribution in [-0.2, 0) is 0 Å². The van der Waals surface area contributed by atoms with E-state index < -0.39 is 0 Å². The predicted molar refractivity (Wildman–Crippen MR) is 42.8 cm³/mol. The third kappa shape index (κ3) is 1.12. The van der Waals surface area contributed by atoms with Crippen LogP contribution in [0.1, 0.15) is 32.1 Å². The van der Waals surface area contributed by atoms with Crippen LogP contribution in [0.25, 0.3) is 0 Å². The van der Waals surface area contributed by atoms with E-state index in [1.54, 1.807) is 0 Å². The number of fused-ring (bicyclic) bond motifs is 1. The van der Waals surface area contributed by atoms with E-state index >= 15 is 0 Å². The lowest BCUT2D eigenvalue weighted by Gasteiger charge is -2.23. The molecule has 1 saturated heterocycles. The zero-order valence-electron chi connectivity index (χ0n) is 5.81. The summed E-state index contributed by atoms with van der Waals surface area (Å²) in [4.78, 5) is 0. The molecule has 2 aliphatic rings. The minimum Gasteiger partial charge on any atom is -0.158 e. The molecule has 0 aromatic carbocycles. The standard InChI is InChI=1S/C8H14S/c1-3-7-4-2-6-9-8(7)5-1/h7-8H,1-6H2/t7-,8-/m1/s1. The smallest absolute Gasteiger partial charge is 0.00753 e. The molecule has 0 nitrogen and oxygen atoms in total. The SMILES string of the molecule is C1CS[C@@H]2CCC[C@@H]2C1. The summed E-state index contributed by atoms with van der Waals surface area (Å²) in [5.41, 5.74) is 0. The van der Waals surface area contributed by atoms with Crippen molar-refractivity contribution < 1.29 is 0 Å². The van der Waals surface area contributed by atoms with Crippen LogP contribution in [0.5, 0.6) is 0 Å². The molecule has 0 aromatic heterocycles. The summed E-state index contributed by atoms with van der Waals surface area (Å²) >= 11 is 2.23. The lowest BCUT2D eigenvalue weighted by molar-refractivity contribution is 0.494. The Morgan fingerprint density at radius 1 is 1.00 bits per heavy atom. The van der Waals surface area contributed by atoms with Crippen LogP contribution in [-0.4, -0.2) is 11.0 Å². The summed E-state index contributed by atoms with van der Waals surface area (Å²) in [6.07, 6.45) is 7.61. The average Bonchev–Trinajstić information content (AvgIpc) is 2.33. The van der Waals surface area contributed by atoms with Crippen LogP contribution in [0, 0.1) is 5.92 Å². The molecule has 0 aromatic rings. The first-order valence-electron chi connectivity index (χ1n) is 4.08. The Hall–Kier alpha value is 0.350. The van der Waals surface area contributed by atoms with Crippen LogP contribution in [0.3, 0.4) is 0 Å². The molecule has 0 spiro atoms. The molecule has 0 amide bonds. The van der Waals surface area contributed by atoms with Gasteiger partial charge in [-0.1, -0.05) is 6.42 Å². The highest BCUT2D eigenvalue weighted by molar-refractivity contribution is 7.99. The fourth-order valence-corrected chi connectivity index (χ4v) is 3.65. The third-order valence-electron chi connectivity index (χ3n) is 2.64. The first-order chi connectivity index (χ1) is 4.47. The zero-order valence-corrected chi connectivity index (χ0v) is 6.62. The molecular formula is C8H14S. The normalized spacial score (nSPS) is 42.7. The summed E-state index contributed by atoms with van der Waals surface area (Å²) in [5, 5.41) is 1.08. The van der Waals surface area contributed by atoms with E-state index in [2.05, 4.69) is 11.8 Å². The summed E-state index contributed by atoms with van der Waals surface area (Å²) in [7, 11) is 0. The van der Waals surface area contributed by atoms with Crippen LogP contribution in [0.2, 0.25) is 0 Å². The molecule has 0 unspecified atom stereocenters. The molecular weight excluding hydrogens is 128 g/mol. The van der Waals surface area contributed by atoms with Gasteiger partial charge in [-0.15, -0.1) is 0 Å². The van der Waals surface area contributed by atoms with Gasteiger partial charge in [0.25, 0.3) is 0 Å². The van der Waals surface area contributed by atoms with Gasteiger partial charge in [-0.2, -0.15) is 11.8 Å². The summed E-state index contributed by atoms with van der Waals surface area (Å²) in [5.74, 6) is 2.57. The Labute approximate surface area is 61.4 Å². The van der Waals surface area contributed by atoms with E-state index in [-0.39, 0.29) is 0 Å². The van der Waals surface area contributed by atoms with E-state index in [1.165, 1.54) is 37.9 Å².